The van der Waals surface area contributed by atoms with Crippen molar-refractivity contribution in [1.29, 1.82) is 0 Å². The van der Waals surface area contributed by atoms with Crippen molar-refractivity contribution in [3.8, 4) is 0 Å². The highest BCUT2D eigenvalue weighted by Gasteiger charge is 2.47. The van der Waals surface area contributed by atoms with Crippen molar-refractivity contribution in [3.05, 3.63) is 29.8 Å². The zero-order valence-corrected chi connectivity index (χ0v) is 9.50. The van der Waals surface area contributed by atoms with Crippen molar-refractivity contribution in [2.24, 2.45) is 0 Å². The predicted molar refractivity (Wildman–Crippen MR) is 65.8 cm³/mol. The number of rotatable bonds is 0. The molecule has 1 aromatic carbocycles. The highest BCUT2D eigenvalue weighted by molar-refractivity contribution is 5.60. The van der Waals surface area contributed by atoms with E-state index in [-0.39, 0.29) is 0 Å². The second-order valence-corrected chi connectivity index (χ2v) is 5.73. The Morgan fingerprint density at radius 1 is 1.06 bits per heavy atom. The summed E-state index contributed by atoms with van der Waals surface area (Å²) in [6.07, 6.45) is 5.42. The number of piperidine rings is 1. The highest BCUT2D eigenvalue weighted by atomic mass is 15.0. The van der Waals surface area contributed by atoms with Gasteiger partial charge < -0.3 is 10.6 Å². The molecule has 2 atom stereocenters. The third-order valence-corrected chi connectivity index (χ3v) is 4.72. The maximum atomic E-state index is 3.74. The summed E-state index contributed by atoms with van der Waals surface area (Å²) >= 11 is 0. The molecule has 1 aromatic rings. The van der Waals surface area contributed by atoms with Gasteiger partial charge >= 0.3 is 0 Å². The number of anilines is 1. The molecule has 2 bridgehead atoms. The molecule has 2 unspecified atom stereocenters. The lowest BCUT2D eigenvalue weighted by Gasteiger charge is -2.38. The third-order valence-electron chi connectivity index (χ3n) is 4.72. The van der Waals surface area contributed by atoms with Gasteiger partial charge in [0.2, 0.25) is 0 Å². The topological polar surface area (TPSA) is 24.1 Å². The van der Waals surface area contributed by atoms with Crippen molar-refractivity contribution in [2.75, 3.05) is 11.9 Å². The summed E-state index contributed by atoms with van der Waals surface area (Å²) in [5.41, 5.74) is 3.39. The van der Waals surface area contributed by atoms with Crippen molar-refractivity contribution < 1.29 is 0 Å². The predicted octanol–water partition coefficient (Wildman–Crippen LogP) is 2.26. The SMILES string of the molecule is c1ccc2c(c1)NCC21CC2CCC(C1)N2. The van der Waals surface area contributed by atoms with E-state index in [2.05, 4.69) is 34.9 Å². The Hall–Kier alpha value is -1.02. The van der Waals surface area contributed by atoms with E-state index in [1.807, 2.05) is 0 Å². The average Bonchev–Trinajstić information content (AvgIpc) is 2.83. The summed E-state index contributed by atoms with van der Waals surface area (Å²) in [5, 5.41) is 7.35. The van der Waals surface area contributed by atoms with Crippen LogP contribution in [0.3, 0.4) is 0 Å². The van der Waals surface area contributed by atoms with Gasteiger partial charge in [0.15, 0.2) is 0 Å². The van der Waals surface area contributed by atoms with Crippen LogP contribution < -0.4 is 10.6 Å². The quantitative estimate of drug-likeness (QED) is 0.692. The first-order valence-electron chi connectivity index (χ1n) is 6.45. The third kappa shape index (κ3) is 1.11. The summed E-state index contributed by atoms with van der Waals surface area (Å²) in [6.45, 7) is 1.15. The molecular formula is C14H18N2. The first-order chi connectivity index (χ1) is 7.86. The summed E-state index contributed by atoms with van der Waals surface area (Å²) < 4.78 is 0. The maximum absolute atomic E-state index is 3.74. The van der Waals surface area contributed by atoms with Crippen LogP contribution in [0, 0.1) is 0 Å². The van der Waals surface area contributed by atoms with Gasteiger partial charge in [-0.25, -0.2) is 0 Å². The van der Waals surface area contributed by atoms with E-state index in [1.165, 1.54) is 31.4 Å². The maximum Gasteiger partial charge on any atom is 0.0379 e. The Morgan fingerprint density at radius 3 is 2.62 bits per heavy atom. The van der Waals surface area contributed by atoms with E-state index in [9.17, 15) is 0 Å². The highest BCUT2D eigenvalue weighted by Crippen LogP contribution is 2.48. The molecule has 4 rings (SSSR count). The lowest BCUT2D eigenvalue weighted by atomic mass is 9.72. The molecule has 16 heavy (non-hydrogen) atoms. The Labute approximate surface area is 96.4 Å². The molecule has 1 spiro atoms. The Kier molecular flexibility index (Phi) is 1.70. The lowest BCUT2D eigenvalue weighted by Crippen LogP contribution is -2.47. The van der Waals surface area contributed by atoms with Crippen molar-refractivity contribution in [3.63, 3.8) is 0 Å². The molecule has 2 fully saturated rings. The van der Waals surface area contributed by atoms with Crippen molar-refractivity contribution in [2.45, 2.75) is 43.2 Å². The molecular weight excluding hydrogens is 196 g/mol. The zero-order chi connectivity index (χ0) is 10.6. The fraction of sp³-hybridized carbons (Fsp3) is 0.571. The molecule has 0 aliphatic carbocycles. The fourth-order valence-corrected chi connectivity index (χ4v) is 4.07. The van der Waals surface area contributed by atoms with E-state index in [0.717, 1.165) is 18.6 Å². The Bertz CT molecular complexity index is 414. The van der Waals surface area contributed by atoms with Gasteiger partial charge in [0.25, 0.3) is 0 Å². The molecule has 0 saturated carbocycles. The van der Waals surface area contributed by atoms with Crippen LogP contribution in [0.5, 0.6) is 0 Å². The van der Waals surface area contributed by atoms with Gasteiger partial charge in [-0.3, -0.25) is 0 Å². The Balaban J connectivity index is 1.78. The van der Waals surface area contributed by atoms with Gasteiger partial charge in [-0.2, -0.15) is 0 Å². The molecule has 2 saturated heterocycles. The van der Waals surface area contributed by atoms with Gasteiger partial charge in [0, 0.05) is 29.7 Å². The number of hydrogen-bond donors (Lipinski definition) is 2. The van der Waals surface area contributed by atoms with E-state index in [4.69, 9.17) is 0 Å². The molecule has 0 amide bonds. The second kappa shape index (κ2) is 3.01. The van der Waals surface area contributed by atoms with Crippen LogP contribution in [-0.2, 0) is 5.41 Å². The van der Waals surface area contributed by atoms with Crippen LogP contribution in [0.2, 0.25) is 0 Å². The molecule has 3 aliphatic heterocycles. The largest absolute Gasteiger partial charge is 0.384 e. The van der Waals surface area contributed by atoms with Crippen molar-refractivity contribution >= 4 is 5.69 Å². The second-order valence-electron chi connectivity index (χ2n) is 5.73. The lowest BCUT2D eigenvalue weighted by molar-refractivity contribution is 0.268. The number of para-hydroxylation sites is 1. The fourth-order valence-electron chi connectivity index (χ4n) is 4.07. The van der Waals surface area contributed by atoms with Gasteiger partial charge in [0.1, 0.15) is 0 Å². The molecule has 2 nitrogen and oxygen atoms in total. The van der Waals surface area contributed by atoms with E-state index in [0.29, 0.717) is 5.41 Å². The molecule has 2 heteroatoms. The standard InChI is InChI=1S/C14H18N2/c1-2-4-13-12(3-1)14(9-15-13)7-10-5-6-11(8-14)16-10/h1-4,10-11,15-16H,5-9H2. The van der Waals surface area contributed by atoms with Crippen LogP contribution in [0.15, 0.2) is 24.3 Å². The first kappa shape index (κ1) is 9.06. The van der Waals surface area contributed by atoms with E-state index < -0.39 is 0 Å². The minimum Gasteiger partial charge on any atom is -0.384 e. The van der Waals surface area contributed by atoms with Crippen LogP contribution in [-0.4, -0.2) is 18.6 Å². The smallest absolute Gasteiger partial charge is 0.0379 e. The molecule has 3 heterocycles. The van der Waals surface area contributed by atoms with Crippen LogP contribution in [0.4, 0.5) is 5.69 Å². The minimum absolute atomic E-state index is 0.438. The Morgan fingerprint density at radius 2 is 1.81 bits per heavy atom. The number of nitrogens with one attached hydrogen (secondary N) is 2. The summed E-state index contributed by atoms with van der Waals surface area (Å²) in [4.78, 5) is 0. The monoisotopic (exact) mass is 214 g/mol. The van der Waals surface area contributed by atoms with Gasteiger partial charge in [-0.15, -0.1) is 0 Å². The zero-order valence-electron chi connectivity index (χ0n) is 9.50. The summed E-state index contributed by atoms with van der Waals surface area (Å²) in [5.74, 6) is 0. The molecule has 3 aliphatic rings. The van der Waals surface area contributed by atoms with Gasteiger partial charge in [-0.05, 0) is 37.3 Å². The molecule has 2 N–H and O–H groups in total. The van der Waals surface area contributed by atoms with Crippen LogP contribution >= 0.6 is 0 Å². The van der Waals surface area contributed by atoms with Gasteiger partial charge in [0.05, 0.1) is 0 Å². The molecule has 0 aromatic heterocycles. The summed E-state index contributed by atoms with van der Waals surface area (Å²) in [6, 6.07) is 10.4. The number of hydrogen-bond acceptors (Lipinski definition) is 2. The van der Waals surface area contributed by atoms with Crippen molar-refractivity contribution in [1.82, 2.24) is 5.32 Å². The van der Waals surface area contributed by atoms with Crippen LogP contribution in [0.25, 0.3) is 0 Å². The van der Waals surface area contributed by atoms with E-state index >= 15 is 0 Å². The normalized spacial score (nSPS) is 39.8. The van der Waals surface area contributed by atoms with Crippen LogP contribution in [0.1, 0.15) is 31.2 Å². The first-order valence-corrected chi connectivity index (χ1v) is 6.45. The average molecular weight is 214 g/mol. The molecule has 84 valence electrons. The molecule has 0 radical (unpaired) electrons. The van der Waals surface area contributed by atoms with Gasteiger partial charge in [-0.1, -0.05) is 18.2 Å². The number of fused-ring (bicyclic) bond motifs is 4. The minimum atomic E-state index is 0.438. The summed E-state index contributed by atoms with van der Waals surface area (Å²) in [7, 11) is 0. The number of benzene rings is 1. The van der Waals surface area contributed by atoms with E-state index in [1.54, 1.807) is 5.56 Å².